The maximum Gasteiger partial charge on any atom is 0.356 e. The van der Waals surface area contributed by atoms with Crippen LogP contribution in [0.25, 0.3) is 4.96 Å². The second kappa shape index (κ2) is 4.77. The molecule has 2 aromatic heterocycles. The Kier molecular flexibility index (Phi) is 3.20. The molecule has 108 valence electrons. The predicted molar refractivity (Wildman–Crippen MR) is 79.8 cm³/mol. The first kappa shape index (κ1) is 13.4. The molecule has 1 aliphatic heterocycles. The number of carboxylic acid groups (broad SMARTS) is 1. The van der Waals surface area contributed by atoms with Crippen LogP contribution in [0.1, 0.15) is 37.7 Å². The summed E-state index contributed by atoms with van der Waals surface area (Å²) >= 11 is 1.47. The Labute approximate surface area is 121 Å². The molecule has 0 aromatic carbocycles. The maximum absolute atomic E-state index is 11.6. The average Bonchev–Trinajstić information content (AvgIpc) is 2.92. The molecule has 1 saturated heterocycles. The first-order chi connectivity index (χ1) is 9.49. The summed E-state index contributed by atoms with van der Waals surface area (Å²) in [4.78, 5) is 19.1. The molecule has 3 rings (SSSR count). The van der Waals surface area contributed by atoms with E-state index in [-0.39, 0.29) is 5.69 Å². The summed E-state index contributed by atoms with van der Waals surface area (Å²) in [6.45, 7) is 7.48. The minimum atomic E-state index is -0.913. The SMILES string of the molecule is CC1CC(C)C(C)N(c2nc3sccn3c2C(=O)O)C1. The molecule has 2 aromatic rings. The second-order valence-corrected chi connectivity index (χ2v) is 6.73. The van der Waals surface area contributed by atoms with Gasteiger partial charge in [-0.3, -0.25) is 4.40 Å². The van der Waals surface area contributed by atoms with Crippen molar-refractivity contribution in [2.45, 2.75) is 33.2 Å². The lowest BCUT2D eigenvalue weighted by molar-refractivity contribution is 0.0689. The second-order valence-electron chi connectivity index (χ2n) is 5.86. The van der Waals surface area contributed by atoms with Gasteiger partial charge in [0.25, 0.3) is 0 Å². The number of hydrogen-bond acceptors (Lipinski definition) is 4. The van der Waals surface area contributed by atoms with Gasteiger partial charge in [-0.2, -0.15) is 0 Å². The number of thiazole rings is 1. The molecular formula is C14H19N3O2S. The molecule has 1 fully saturated rings. The van der Waals surface area contributed by atoms with E-state index in [1.165, 1.54) is 17.8 Å². The molecule has 0 saturated carbocycles. The monoisotopic (exact) mass is 293 g/mol. The molecule has 3 atom stereocenters. The van der Waals surface area contributed by atoms with Crippen molar-refractivity contribution in [2.75, 3.05) is 11.4 Å². The fourth-order valence-electron chi connectivity index (χ4n) is 3.17. The minimum absolute atomic E-state index is 0.286. The van der Waals surface area contributed by atoms with E-state index in [1.807, 2.05) is 5.38 Å². The molecule has 20 heavy (non-hydrogen) atoms. The van der Waals surface area contributed by atoms with Crippen molar-refractivity contribution in [3.63, 3.8) is 0 Å². The quantitative estimate of drug-likeness (QED) is 0.925. The van der Waals surface area contributed by atoms with Crippen LogP contribution >= 0.6 is 11.3 Å². The zero-order chi connectivity index (χ0) is 14.4. The molecule has 1 aliphatic rings. The molecule has 6 heteroatoms. The van der Waals surface area contributed by atoms with Gasteiger partial charge in [-0.25, -0.2) is 9.78 Å². The van der Waals surface area contributed by atoms with Crippen molar-refractivity contribution in [1.82, 2.24) is 9.38 Å². The number of anilines is 1. The standard InChI is InChI=1S/C14H19N3O2S/c1-8-6-9(2)10(3)17(7-8)12-11(13(18)19)16-4-5-20-14(16)15-12/h4-5,8-10H,6-7H2,1-3H3,(H,18,19). The van der Waals surface area contributed by atoms with Crippen LogP contribution in [0.15, 0.2) is 11.6 Å². The highest BCUT2D eigenvalue weighted by atomic mass is 32.1. The summed E-state index contributed by atoms with van der Waals surface area (Å²) in [7, 11) is 0. The van der Waals surface area contributed by atoms with Gasteiger partial charge >= 0.3 is 5.97 Å². The van der Waals surface area contributed by atoms with Crippen LogP contribution < -0.4 is 4.90 Å². The number of imidazole rings is 1. The summed E-state index contributed by atoms with van der Waals surface area (Å²) in [6, 6.07) is 0.314. The molecule has 1 N–H and O–H groups in total. The van der Waals surface area contributed by atoms with Crippen LogP contribution in [-0.4, -0.2) is 33.0 Å². The Bertz CT molecular complexity index is 648. The van der Waals surface area contributed by atoms with Crippen LogP contribution in [0.4, 0.5) is 5.82 Å². The number of carboxylic acids is 1. The van der Waals surface area contributed by atoms with E-state index in [2.05, 4.69) is 30.7 Å². The van der Waals surface area contributed by atoms with Gasteiger partial charge in [0.2, 0.25) is 0 Å². The normalized spacial score (nSPS) is 27.1. The highest BCUT2D eigenvalue weighted by molar-refractivity contribution is 7.15. The lowest BCUT2D eigenvalue weighted by Gasteiger charge is -2.41. The smallest absolute Gasteiger partial charge is 0.356 e. The summed E-state index contributed by atoms with van der Waals surface area (Å²) in [5, 5.41) is 11.4. The topological polar surface area (TPSA) is 57.8 Å². The molecule has 0 bridgehead atoms. The zero-order valence-corrected chi connectivity index (χ0v) is 12.7. The maximum atomic E-state index is 11.6. The third kappa shape index (κ3) is 1.98. The number of carbonyl (C=O) groups is 1. The summed E-state index contributed by atoms with van der Waals surface area (Å²) < 4.78 is 1.68. The van der Waals surface area contributed by atoms with Gasteiger partial charge in [-0.15, -0.1) is 11.3 Å². The Hall–Kier alpha value is -1.56. The summed E-state index contributed by atoms with van der Waals surface area (Å²) in [5.41, 5.74) is 0.286. The van der Waals surface area contributed by atoms with Crippen LogP contribution in [0.3, 0.4) is 0 Å². The van der Waals surface area contributed by atoms with Crippen molar-refractivity contribution >= 4 is 28.1 Å². The van der Waals surface area contributed by atoms with Crippen molar-refractivity contribution in [3.8, 4) is 0 Å². The van der Waals surface area contributed by atoms with E-state index >= 15 is 0 Å². The summed E-state index contributed by atoms with van der Waals surface area (Å²) in [6.07, 6.45) is 2.96. The molecule has 0 spiro atoms. The fraction of sp³-hybridized carbons (Fsp3) is 0.571. The Morgan fingerprint density at radius 3 is 2.90 bits per heavy atom. The van der Waals surface area contributed by atoms with Crippen LogP contribution in [0, 0.1) is 11.8 Å². The molecule has 0 amide bonds. The van der Waals surface area contributed by atoms with Gasteiger partial charge in [0, 0.05) is 24.2 Å². The van der Waals surface area contributed by atoms with Crippen molar-refractivity contribution in [1.29, 1.82) is 0 Å². The van der Waals surface area contributed by atoms with E-state index in [9.17, 15) is 9.90 Å². The zero-order valence-electron chi connectivity index (χ0n) is 11.9. The third-order valence-corrected chi connectivity index (χ3v) is 5.07. The number of piperidine rings is 1. The molecule has 3 unspecified atom stereocenters. The summed E-state index contributed by atoms with van der Waals surface area (Å²) in [5.74, 6) is 0.807. The van der Waals surface area contributed by atoms with Gasteiger partial charge in [0.1, 0.15) is 0 Å². The van der Waals surface area contributed by atoms with E-state index in [0.29, 0.717) is 23.7 Å². The largest absolute Gasteiger partial charge is 0.476 e. The number of aromatic carboxylic acids is 1. The van der Waals surface area contributed by atoms with E-state index in [4.69, 9.17) is 0 Å². The van der Waals surface area contributed by atoms with Gasteiger partial charge in [-0.05, 0) is 25.2 Å². The number of fused-ring (bicyclic) bond motifs is 1. The molecule has 5 nitrogen and oxygen atoms in total. The van der Waals surface area contributed by atoms with Crippen LogP contribution in [0.2, 0.25) is 0 Å². The van der Waals surface area contributed by atoms with E-state index in [0.717, 1.165) is 11.5 Å². The van der Waals surface area contributed by atoms with Crippen molar-refractivity contribution in [2.24, 2.45) is 11.8 Å². The highest BCUT2D eigenvalue weighted by Crippen LogP contribution is 2.33. The molecule has 3 heterocycles. The Morgan fingerprint density at radius 2 is 2.20 bits per heavy atom. The number of hydrogen-bond donors (Lipinski definition) is 1. The fourth-order valence-corrected chi connectivity index (χ4v) is 3.88. The molecular weight excluding hydrogens is 274 g/mol. The van der Waals surface area contributed by atoms with E-state index < -0.39 is 5.97 Å². The van der Waals surface area contributed by atoms with Gasteiger partial charge in [0.05, 0.1) is 0 Å². The van der Waals surface area contributed by atoms with Crippen LogP contribution in [-0.2, 0) is 0 Å². The minimum Gasteiger partial charge on any atom is -0.476 e. The van der Waals surface area contributed by atoms with Crippen molar-refractivity contribution < 1.29 is 9.90 Å². The number of rotatable bonds is 2. The number of nitrogens with zero attached hydrogens (tertiary/aromatic N) is 3. The lowest BCUT2D eigenvalue weighted by atomic mass is 9.86. The third-order valence-electron chi connectivity index (χ3n) is 4.32. The van der Waals surface area contributed by atoms with Gasteiger partial charge in [0.15, 0.2) is 16.5 Å². The average molecular weight is 293 g/mol. The molecule has 0 radical (unpaired) electrons. The van der Waals surface area contributed by atoms with Gasteiger partial charge in [-0.1, -0.05) is 13.8 Å². The lowest BCUT2D eigenvalue weighted by Crippen LogP contribution is -2.46. The first-order valence-electron chi connectivity index (χ1n) is 6.94. The van der Waals surface area contributed by atoms with E-state index in [1.54, 1.807) is 10.6 Å². The number of aromatic nitrogens is 2. The molecule has 0 aliphatic carbocycles. The Morgan fingerprint density at radius 1 is 1.45 bits per heavy atom. The van der Waals surface area contributed by atoms with Crippen LogP contribution in [0.5, 0.6) is 0 Å². The highest BCUT2D eigenvalue weighted by Gasteiger charge is 2.33. The predicted octanol–water partition coefficient (Wildman–Crippen LogP) is 2.96. The van der Waals surface area contributed by atoms with Gasteiger partial charge < -0.3 is 10.0 Å². The Balaban J connectivity index is 2.10. The first-order valence-corrected chi connectivity index (χ1v) is 7.82. The van der Waals surface area contributed by atoms with Crippen molar-refractivity contribution in [3.05, 3.63) is 17.3 Å².